The summed E-state index contributed by atoms with van der Waals surface area (Å²) in [6.07, 6.45) is 4.21. The number of nitrogens with zero attached hydrogens (tertiary/aromatic N) is 3. The van der Waals surface area contributed by atoms with Crippen molar-refractivity contribution in [3.63, 3.8) is 0 Å². The topological polar surface area (TPSA) is 55.0 Å². The zero-order chi connectivity index (χ0) is 13.2. The Labute approximate surface area is 110 Å². The third-order valence-electron chi connectivity index (χ3n) is 3.32. The van der Waals surface area contributed by atoms with Gasteiger partial charge >= 0.3 is 0 Å². The maximum atomic E-state index is 5.67. The number of rotatable bonds is 2. The van der Waals surface area contributed by atoms with E-state index in [9.17, 15) is 0 Å². The Hall–Kier alpha value is -1.16. The van der Waals surface area contributed by atoms with E-state index in [2.05, 4.69) is 35.6 Å². The molecule has 1 fully saturated rings. The first-order valence-corrected chi connectivity index (χ1v) is 6.75. The van der Waals surface area contributed by atoms with Crippen molar-refractivity contribution in [2.75, 3.05) is 25.4 Å². The second-order valence-corrected chi connectivity index (χ2v) is 6.47. The maximum Gasteiger partial charge on any atom is 0.220 e. The molecule has 0 aromatic carbocycles. The van der Waals surface area contributed by atoms with E-state index in [1.165, 1.54) is 19.4 Å². The van der Waals surface area contributed by atoms with Gasteiger partial charge in [0.2, 0.25) is 5.95 Å². The molecule has 0 spiro atoms. The molecule has 0 bridgehead atoms. The number of anilines is 1. The van der Waals surface area contributed by atoms with Crippen molar-refractivity contribution in [2.24, 2.45) is 5.41 Å². The van der Waals surface area contributed by atoms with Crippen LogP contribution in [0.4, 0.5) is 5.95 Å². The minimum atomic E-state index is 0.354. The summed E-state index contributed by atoms with van der Waals surface area (Å²) in [6, 6.07) is 2.00. The quantitative estimate of drug-likeness (QED) is 0.872. The van der Waals surface area contributed by atoms with E-state index in [1.807, 2.05) is 6.07 Å². The highest BCUT2D eigenvalue weighted by atomic mass is 15.1. The van der Waals surface area contributed by atoms with Crippen molar-refractivity contribution in [2.45, 2.75) is 39.5 Å². The molecule has 2 heterocycles. The van der Waals surface area contributed by atoms with Gasteiger partial charge in [-0.15, -0.1) is 0 Å². The van der Waals surface area contributed by atoms with Crippen LogP contribution in [0.5, 0.6) is 0 Å². The van der Waals surface area contributed by atoms with Crippen LogP contribution in [-0.2, 0) is 0 Å². The highest BCUT2D eigenvalue weighted by Crippen LogP contribution is 2.27. The molecule has 1 saturated heterocycles. The zero-order valence-corrected chi connectivity index (χ0v) is 11.7. The molecule has 0 saturated carbocycles. The van der Waals surface area contributed by atoms with Gasteiger partial charge in [-0.3, -0.25) is 0 Å². The summed E-state index contributed by atoms with van der Waals surface area (Å²) < 4.78 is 0. The third-order valence-corrected chi connectivity index (χ3v) is 3.32. The SMILES string of the molecule is CC(C)(C)CN1CCC[C@@H](c2ccnc(N)n2)C1. The van der Waals surface area contributed by atoms with Crippen molar-refractivity contribution < 1.29 is 0 Å². The Kier molecular flexibility index (Phi) is 3.85. The molecule has 0 radical (unpaired) electrons. The molecule has 1 aromatic heterocycles. The first-order valence-electron chi connectivity index (χ1n) is 6.75. The first kappa shape index (κ1) is 13.3. The molecule has 1 aromatic rings. The van der Waals surface area contributed by atoms with E-state index in [1.54, 1.807) is 6.20 Å². The average molecular weight is 248 g/mol. The number of piperidine rings is 1. The summed E-state index contributed by atoms with van der Waals surface area (Å²) in [7, 11) is 0. The van der Waals surface area contributed by atoms with Gasteiger partial charge in [0.25, 0.3) is 0 Å². The Morgan fingerprint density at radius 2 is 2.22 bits per heavy atom. The molecule has 2 rings (SSSR count). The number of aromatic nitrogens is 2. The van der Waals surface area contributed by atoms with Crippen molar-refractivity contribution >= 4 is 5.95 Å². The van der Waals surface area contributed by atoms with Crippen LogP contribution in [0.3, 0.4) is 0 Å². The van der Waals surface area contributed by atoms with Gasteiger partial charge < -0.3 is 10.6 Å². The Balaban J connectivity index is 2.02. The number of likely N-dealkylation sites (tertiary alicyclic amines) is 1. The summed E-state index contributed by atoms with van der Waals surface area (Å²) in [6.45, 7) is 10.3. The second kappa shape index (κ2) is 5.22. The van der Waals surface area contributed by atoms with Gasteiger partial charge in [-0.25, -0.2) is 9.97 Å². The predicted molar refractivity (Wildman–Crippen MR) is 74.3 cm³/mol. The van der Waals surface area contributed by atoms with Crippen molar-refractivity contribution in [1.82, 2.24) is 14.9 Å². The molecular formula is C14H24N4. The summed E-state index contributed by atoms with van der Waals surface area (Å²) >= 11 is 0. The summed E-state index contributed by atoms with van der Waals surface area (Å²) in [4.78, 5) is 10.9. The highest BCUT2D eigenvalue weighted by Gasteiger charge is 2.25. The van der Waals surface area contributed by atoms with Gasteiger partial charge in [0.05, 0.1) is 5.69 Å². The number of hydrogen-bond donors (Lipinski definition) is 1. The minimum absolute atomic E-state index is 0.354. The lowest BCUT2D eigenvalue weighted by Crippen LogP contribution is -2.39. The van der Waals surface area contributed by atoms with Gasteiger partial charge in [-0.1, -0.05) is 20.8 Å². The van der Waals surface area contributed by atoms with Crippen LogP contribution in [0, 0.1) is 5.41 Å². The molecule has 1 atom stereocenters. The molecule has 1 aliphatic heterocycles. The van der Waals surface area contributed by atoms with E-state index >= 15 is 0 Å². The molecule has 18 heavy (non-hydrogen) atoms. The smallest absolute Gasteiger partial charge is 0.220 e. The van der Waals surface area contributed by atoms with E-state index in [0.717, 1.165) is 18.8 Å². The van der Waals surface area contributed by atoms with Gasteiger partial charge in [-0.2, -0.15) is 0 Å². The molecule has 4 heteroatoms. The third kappa shape index (κ3) is 3.67. The fourth-order valence-corrected chi connectivity index (χ4v) is 2.73. The molecular weight excluding hydrogens is 224 g/mol. The van der Waals surface area contributed by atoms with Crippen LogP contribution in [0.1, 0.15) is 45.2 Å². The van der Waals surface area contributed by atoms with Crippen LogP contribution in [0.2, 0.25) is 0 Å². The molecule has 0 unspecified atom stereocenters. The molecule has 2 N–H and O–H groups in total. The van der Waals surface area contributed by atoms with Crippen molar-refractivity contribution in [3.05, 3.63) is 18.0 Å². The Morgan fingerprint density at radius 1 is 1.44 bits per heavy atom. The average Bonchev–Trinajstić information content (AvgIpc) is 2.27. The van der Waals surface area contributed by atoms with Crippen LogP contribution >= 0.6 is 0 Å². The summed E-state index contributed by atoms with van der Waals surface area (Å²) in [5.41, 5.74) is 7.12. The van der Waals surface area contributed by atoms with Crippen molar-refractivity contribution in [3.8, 4) is 0 Å². The Bertz CT molecular complexity index is 397. The van der Waals surface area contributed by atoms with Gasteiger partial charge in [0.15, 0.2) is 0 Å². The number of nitrogens with two attached hydrogens (primary N) is 1. The van der Waals surface area contributed by atoms with Gasteiger partial charge in [-0.05, 0) is 30.9 Å². The fraction of sp³-hybridized carbons (Fsp3) is 0.714. The van der Waals surface area contributed by atoms with Gasteiger partial charge in [0, 0.05) is 25.2 Å². The standard InChI is InChI=1S/C14H24N4/c1-14(2,3)10-18-8-4-5-11(9-18)12-6-7-16-13(15)17-12/h6-7,11H,4-5,8-10H2,1-3H3,(H2,15,16,17)/t11-/m1/s1. The first-order chi connectivity index (χ1) is 8.44. The predicted octanol–water partition coefficient (Wildman–Crippen LogP) is 2.28. The van der Waals surface area contributed by atoms with Crippen molar-refractivity contribution in [1.29, 1.82) is 0 Å². The van der Waals surface area contributed by atoms with E-state index in [0.29, 0.717) is 17.3 Å². The highest BCUT2D eigenvalue weighted by molar-refractivity contribution is 5.20. The Morgan fingerprint density at radius 3 is 2.89 bits per heavy atom. The largest absolute Gasteiger partial charge is 0.368 e. The molecule has 1 aliphatic rings. The lowest BCUT2D eigenvalue weighted by atomic mass is 9.90. The number of hydrogen-bond acceptors (Lipinski definition) is 4. The molecule has 0 aliphatic carbocycles. The second-order valence-electron chi connectivity index (χ2n) is 6.47. The van der Waals surface area contributed by atoms with E-state index in [4.69, 9.17) is 5.73 Å². The fourth-order valence-electron chi connectivity index (χ4n) is 2.73. The van der Waals surface area contributed by atoms with Crippen LogP contribution < -0.4 is 5.73 Å². The molecule has 0 amide bonds. The molecule has 4 nitrogen and oxygen atoms in total. The van der Waals surface area contributed by atoms with Crippen LogP contribution in [0.25, 0.3) is 0 Å². The molecule has 100 valence electrons. The summed E-state index contributed by atoms with van der Waals surface area (Å²) in [5.74, 6) is 0.895. The maximum absolute atomic E-state index is 5.67. The summed E-state index contributed by atoms with van der Waals surface area (Å²) in [5, 5.41) is 0. The number of nitrogen functional groups attached to an aromatic ring is 1. The zero-order valence-electron chi connectivity index (χ0n) is 11.7. The lowest BCUT2D eigenvalue weighted by Gasteiger charge is -2.36. The normalized spacial score (nSPS) is 22.1. The van der Waals surface area contributed by atoms with Gasteiger partial charge in [0.1, 0.15) is 0 Å². The minimum Gasteiger partial charge on any atom is -0.368 e. The van der Waals surface area contributed by atoms with Crippen LogP contribution in [0.15, 0.2) is 12.3 Å². The van der Waals surface area contributed by atoms with Crippen LogP contribution in [-0.4, -0.2) is 34.5 Å². The van der Waals surface area contributed by atoms with E-state index < -0.39 is 0 Å². The lowest BCUT2D eigenvalue weighted by molar-refractivity contribution is 0.149. The monoisotopic (exact) mass is 248 g/mol. The van der Waals surface area contributed by atoms with E-state index in [-0.39, 0.29) is 0 Å².